The summed E-state index contributed by atoms with van der Waals surface area (Å²) in [6.07, 6.45) is 1.27. The maximum absolute atomic E-state index is 12.9. The molecule has 0 N–H and O–H groups in total. The van der Waals surface area contributed by atoms with E-state index in [0.29, 0.717) is 18.2 Å². The summed E-state index contributed by atoms with van der Waals surface area (Å²) in [6.45, 7) is 6.65. The Bertz CT molecular complexity index is 953. The molecule has 3 aromatic rings. The number of ether oxygens (including phenoxy) is 1. The van der Waals surface area contributed by atoms with Gasteiger partial charge in [-0.2, -0.15) is 0 Å². The van der Waals surface area contributed by atoms with Gasteiger partial charge in [0.25, 0.3) is 0 Å². The number of rotatable bonds is 7. The number of nitrogens with zero attached hydrogens (tertiary/aromatic N) is 2. The van der Waals surface area contributed by atoms with Crippen LogP contribution in [0.1, 0.15) is 31.6 Å². The summed E-state index contributed by atoms with van der Waals surface area (Å²) < 4.78 is 6.45. The van der Waals surface area contributed by atoms with E-state index in [4.69, 9.17) is 9.72 Å². The van der Waals surface area contributed by atoms with E-state index in [-0.39, 0.29) is 5.91 Å². The van der Waals surface area contributed by atoms with Gasteiger partial charge in [-0.3, -0.25) is 9.69 Å². The molecule has 0 atom stereocenters. The first kappa shape index (κ1) is 20.6. The van der Waals surface area contributed by atoms with Crippen LogP contribution in [-0.2, 0) is 4.79 Å². The maximum Gasteiger partial charge on any atom is 0.233 e. The number of carbonyl (C=O) groups excluding carboxylic acids is 1. The van der Waals surface area contributed by atoms with Gasteiger partial charge in [-0.15, -0.1) is 11.3 Å². The Balaban J connectivity index is 2.00. The highest BCUT2D eigenvalue weighted by Gasteiger charge is 2.22. The van der Waals surface area contributed by atoms with E-state index in [2.05, 4.69) is 15.9 Å². The zero-order valence-corrected chi connectivity index (χ0v) is 18.6. The van der Waals surface area contributed by atoms with E-state index >= 15 is 0 Å². The average molecular weight is 459 g/mol. The van der Waals surface area contributed by atoms with Crippen molar-refractivity contribution in [2.24, 2.45) is 0 Å². The molecule has 0 radical (unpaired) electrons. The number of aryl methyl sites for hydroxylation is 1. The fourth-order valence-corrected chi connectivity index (χ4v) is 4.28. The van der Waals surface area contributed by atoms with E-state index in [1.807, 2.05) is 69.3 Å². The van der Waals surface area contributed by atoms with Crippen LogP contribution < -0.4 is 9.64 Å². The van der Waals surface area contributed by atoms with Gasteiger partial charge in [-0.1, -0.05) is 28.9 Å². The number of carbonyl (C=O) groups is 1. The van der Waals surface area contributed by atoms with Crippen molar-refractivity contribution in [2.45, 2.75) is 33.6 Å². The lowest BCUT2D eigenvalue weighted by atomic mass is 10.1. The van der Waals surface area contributed by atoms with Crippen LogP contribution in [0.3, 0.4) is 0 Å². The molecule has 0 spiro atoms. The molecule has 0 saturated carbocycles. The normalized spacial score (nSPS) is 10.7. The molecule has 0 aliphatic rings. The predicted octanol–water partition coefficient (Wildman–Crippen LogP) is 6.74. The summed E-state index contributed by atoms with van der Waals surface area (Å²) in [5.41, 5.74) is 2.73. The van der Waals surface area contributed by atoms with Crippen molar-refractivity contribution in [1.29, 1.82) is 0 Å². The summed E-state index contributed by atoms with van der Waals surface area (Å²) in [4.78, 5) is 20.5. The Morgan fingerprint density at radius 3 is 2.57 bits per heavy atom. The van der Waals surface area contributed by atoms with Crippen LogP contribution in [0.5, 0.6) is 5.75 Å². The van der Waals surface area contributed by atoms with E-state index in [0.717, 1.165) is 38.5 Å². The molecular formula is C22H23BrN2O2S. The van der Waals surface area contributed by atoms with Crippen molar-refractivity contribution < 1.29 is 9.53 Å². The number of hydrogen-bond acceptors (Lipinski definition) is 4. The second kappa shape index (κ2) is 9.34. The monoisotopic (exact) mass is 458 g/mol. The first-order chi connectivity index (χ1) is 13.5. The third-order valence-electron chi connectivity index (χ3n) is 4.20. The molecule has 0 fully saturated rings. The SMILES string of the molecule is CCCC(=O)N(c1cccc(Br)c1)c1nc(-c2ccc(OCC)cc2)c(C)s1. The zero-order valence-electron chi connectivity index (χ0n) is 16.2. The van der Waals surface area contributed by atoms with Crippen LogP contribution in [0.15, 0.2) is 53.0 Å². The van der Waals surface area contributed by atoms with Crippen molar-refractivity contribution in [3.63, 3.8) is 0 Å². The van der Waals surface area contributed by atoms with E-state index in [1.54, 1.807) is 4.90 Å². The highest BCUT2D eigenvalue weighted by atomic mass is 79.9. The average Bonchev–Trinajstić information content (AvgIpc) is 3.04. The molecule has 6 heteroatoms. The lowest BCUT2D eigenvalue weighted by molar-refractivity contribution is -0.117. The number of thiazole rings is 1. The van der Waals surface area contributed by atoms with Gasteiger partial charge in [0.2, 0.25) is 5.91 Å². The molecule has 0 aliphatic carbocycles. The third-order valence-corrected chi connectivity index (χ3v) is 5.64. The highest BCUT2D eigenvalue weighted by Crippen LogP contribution is 2.37. The van der Waals surface area contributed by atoms with Crippen molar-refractivity contribution >= 4 is 44.0 Å². The van der Waals surface area contributed by atoms with Crippen molar-refractivity contribution in [1.82, 2.24) is 4.98 Å². The third kappa shape index (κ3) is 4.62. The first-order valence-corrected chi connectivity index (χ1v) is 10.9. The van der Waals surface area contributed by atoms with Gasteiger partial charge in [0.15, 0.2) is 5.13 Å². The van der Waals surface area contributed by atoms with Gasteiger partial charge in [-0.25, -0.2) is 4.98 Å². The van der Waals surface area contributed by atoms with Crippen LogP contribution in [-0.4, -0.2) is 17.5 Å². The van der Waals surface area contributed by atoms with E-state index in [1.165, 1.54) is 11.3 Å². The summed E-state index contributed by atoms with van der Waals surface area (Å²) in [6, 6.07) is 15.7. The Morgan fingerprint density at radius 1 is 1.18 bits per heavy atom. The summed E-state index contributed by atoms with van der Waals surface area (Å²) in [5.74, 6) is 0.890. The van der Waals surface area contributed by atoms with Gasteiger partial charge in [0, 0.05) is 21.3 Å². The molecule has 3 rings (SSSR count). The minimum absolute atomic E-state index is 0.0487. The van der Waals surface area contributed by atoms with E-state index < -0.39 is 0 Å². The fourth-order valence-electron chi connectivity index (χ4n) is 2.92. The number of aromatic nitrogens is 1. The lowest BCUT2D eigenvalue weighted by Crippen LogP contribution is -2.25. The van der Waals surface area contributed by atoms with Crippen LogP contribution in [0.2, 0.25) is 0 Å². The fraction of sp³-hybridized carbons (Fsp3) is 0.273. The molecule has 0 unspecified atom stereocenters. The number of amides is 1. The van der Waals surface area contributed by atoms with Gasteiger partial charge in [-0.05, 0) is 62.7 Å². The highest BCUT2D eigenvalue weighted by molar-refractivity contribution is 9.10. The molecule has 1 heterocycles. The smallest absolute Gasteiger partial charge is 0.233 e. The van der Waals surface area contributed by atoms with E-state index in [9.17, 15) is 4.79 Å². The summed E-state index contributed by atoms with van der Waals surface area (Å²) >= 11 is 5.03. The first-order valence-electron chi connectivity index (χ1n) is 9.32. The maximum atomic E-state index is 12.9. The van der Waals surface area contributed by atoms with Gasteiger partial charge in [0.05, 0.1) is 18.0 Å². The molecule has 1 amide bonds. The Morgan fingerprint density at radius 2 is 1.93 bits per heavy atom. The molecule has 2 aromatic carbocycles. The van der Waals surface area contributed by atoms with Crippen LogP contribution in [0, 0.1) is 6.92 Å². The number of hydrogen-bond donors (Lipinski definition) is 0. The summed E-state index contributed by atoms with van der Waals surface area (Å²) in [7, 11) is 0. The second-order valence-electron chi connectivity index (χ2n) is 6.32. The molecule has 4 nitrogen and oxygen atoms in total. The Hall–Kier alpha value is -2.18. The van der Waals surface area contributed by atoms with Gasteiger partial charge in [0.1, 0.15) is 5.75 Å². The Labute approximate surface area is 178 Å². The topological polar surface area (TPSA) is 42.4 Å². The molecule has 28 heavy (non-hydrogen) atoms. The van der Waals surface area contributed by atoms with Crippen LogP contribution in [0.4, 0.5) is 10.8 Å². The lowest BCUT2D eigenvalue weighted by Gasteiger charge is -2.20. The van der Waals surface area contributed by atoms with Gasteiger partial charge >= 0.3 is 0 Å². The standard InChI is InChI=1S/C22H23BrN2O2S/c1-4-7-20(26)25(18-9-6-8-17(23)14-18)22-24-21(15(3)28-22)16-10-12-19(13-11-16)27-5-2/h6,8-14H,4-5,7H2,1-3H3. The number of benzene rings is 2. The minimum atomic E-state index is 0.0487. The largest absolute Gasteiger partial charge is 0.494 e. The molecule has 0 bridgehead atoms. The molecule has 1 aromatic heterocycles. The van der Waals surface area contributed by atoms with Crippen LogP contribution >= 0.6 is 27.3 Å². The second-order valence-corrected chi connectivity index (χ2v) is 8.41. The quantitative estimate of drug-likeness (QED) is 0.393. The number of halogens is 1. The summed E-state index contributed by atoms with van der Waals surface area (Å²) in [5, 5.41) is 0.693. The molecule has 146 valence electrons. The minimum Gasteiger partial charge on any atom is -0.494 e. The van der Waals surface area contributed by atoms with Crippen molar-refractivity contribution in [3.8, 4) is 17.0 Å². The molecule has 0 saturated heterocycles. The van der Waals surface area contributed by atoms with Crippen molar-refractivity contribution in [3.05, 3.63) is 57.9 Å². The van der Waals surface area contributed by atoms with Crippen LogP contribution in [0.25, 0.3) is 11.3 Å². The number of anilines is 2. The predicted molar refractivity (Wildman–Crippen MR) is 120 cm³/mol. The Kier molecular flexibility index (Phi) is 6.86. The molecule has 0 aliphatic heterocycles. The van der Waals surface area contributed by atoms with Gasteiger partial charge < -0.3 is 4.74 Å². The zero-order chi connectivity index (χ0) is 20.1. The van der Waals surface area contributed by atoms with Crippen molar-refractivity contribution in [2.75, 3.05) is 11.5 Å². The molecular weight excluding hydrogens is 436 g/mol.